The fraction of sp³-hybridized carbons (Fsp3) is 0.0476. The number of aromatic nitrogens is 1. The van der Waals surface area contributed by atoms with E-state index in [1.165, 1.54) is 17.5 Å². The zero-order chi connectivity index (χ0) is 19.5. The standard InChI is InChI=1S/C21H15ClN2O3S/c22-20-18-13(12-28-19(18)17(10-23-20)21(25)26)11-27-16-8-4-7-15(9-16)24-14-5-2-1-3-6-14/h1-10,12,24H,11H2,(H,25,26). The van der Waals surface area contributed by atoms with Gasteiger partial charge in [0.1, 0.15) is 17.5 Å². The lowest BCUT2D eigenvalue weighted by atomic mass is 10.2. The lowest BCUT2D eigenvalue weighted by Crippen LogP contribution is -1.99. The number of ether oxygens (including phenoxy) is 1. The van der Waals surface area contributed by atoms with E-state index in [0.29, 0.717) is 15.8 Å². The van der Waals surface area contributed by atoms with Crippen molar-refractivity contribution in [1.29, 1.82) is 0 Å². The van der Waals surface area contributed by atoms with Crippen LogP contribution in [0.4, 0.5) is 11.4 Å². The second-order valence-electron chi connectivity index (χ2n) is 6.04. The van der Waals surface area contributed by atoms with E-state index < -0.39 is 5.97 Å². The van der Waals surface area contributed by atoms with Crippen molar-refractivity contribution in [1.82, 2.24) is 4.98 Å². The number of thiophene rings is 1. The van der Waals surface area contributed by atoms with Crippen LogP contribution in [0.2, 0.25) is 5.15 Å². The SMILES string of the molecule is O=C(O)c1cnc(Cl)c2c(COc3cccc(Nc4ccccc4)c3)csc12. The van der Waals surface area contributed by atoms with E-state index >= 15 is 0 Å². The highest BCUT2D eigenvalue weighted by molar-refractivity contribution is 7.17. The van der Waals surface area contributed by atoms with E-state index in [-0.39, 0.29) is 17.3 Å². The van der Waals surface area contributed by atoms with Crippen molar-refractivity contribution in [2.75, 3.05) is 5.32 Å². The lowest BCUT2D eigenvalue weighted by Gasteiger charge is -2.10. The molecule has 0 saturated heterocycles. The zero-order valence-electron chi connectivity index (χ0n) is 14.6. The van der Waals surface area contributed by atoms with Crippen molar-refractivity contribution in [3.05, 3.63) is 82.5 Å². The third kappa shape index (κ3) is 3.78. The number of aromatic carboxylic acids is 1. The minimum absolute atomic E-state index is 0.143. The smallest absolute Gasteiger partial charge is 0.338 e. The molecule has 4 aromatic rings. The first-order chi connectivity index (χ1) is 13.6. The average Bonchev–Trinajstić information content (AvgIpc) is 3.12. The summed E-state index contributed by atoms with van der Waals surface area (Å²) in [5, 5.41) is 15.4. The molecule has 4 rings (SSSR count). The highest BCUT2D eigenvalue weighted by Crippen LogP contribution is 2.34. The van der Waals surface area contributed by atoms with Gasteiger partial charge in [-0.25, -0.2) is 9.78 Å². The van der Waals surface area contributed by atoms with Crippen LogP contribution < -0.4 is 10.1 Å². The Morgan fingerprint density at radius 3 is 2.71 bits per heavy atom. The molecule has 0 unspecified atom stereocenters. The van der Waals surface area contributed by atoms with Gasteiger partial charge in [0.2, 0.25) is 0 Å². The molecule has 7 heteroatoms. The Bertz CT molecular complexity index is 1150. The van der Waals surface area contributed by atoms with Gasteiger partial charge in [-0.3, -0.25) is 0 Å². The van der Waals surface area contributed by atoms with Gasteiger partial charge in [-0.1, -0.05) is 35.9 Å². The van der Waals surface area contributed by atoms with Crippen molar-refractivity contribution in [3.63, 3.8) is 0 Å². The molecule has 2 N–H and O–H groups in total. The summed E-state index contributed by atoms with van der Waals surface area (Å²) in [4.78, 5) is 15.4. The van der Waals surface area contributed by atoms with Gasteiger partial charge in [0, 0.05) is 34.6 Å². The molecule has 28 heavy (non-hydrogen) atoms. The highest BCUT2D eigenvalue weighted by Gasteiger charge is 2.17. The van der Waals surface area contributed by atoms with Crippen LogP contribution in [0, 0.1) is 0 Å². The number of fused-ring (bicyclic) bond motifs is 1. The number of hydrogen-bond donors (Lipinski definition) is 2. The van der Waals surface area contributed by atoms with E-state index in [1.807, 2.05) is 60.0 Å². The van der Waals surface area contributed by atoms with Crippen molar-refractivity contribution in [2.24, 2.45) is 0 Å². The maximum atomic E-state index is 11.4. The Morgan fingerprint density at radius 1 is 1.14 bits per heavy atom. The molecule has 0 aliphatic carbocycles. The van der Waals surface area contributed by atoms with Gasteiger partial charge < -0.3 is 15.2 Å². The Labute approximate surface area is 170 Å². The second kappa shape index (κ2) is 7.88. The van der Waals surface area contributed by atoms with Gasteiger partial charge in [-0.2, -0.15) is 0 Å². The Morgan fingerprint density at radius 2 is 1.93 bits per heavy atom. The lowest BCUT2D eigenvalue weighted by molar-refractivity contribution is 0.0699. The minimum atomic E-state index is -1.02. The van der Waals surface area contributed by atoms with E-state index in [4.69, 9.17) is 16.3 Å². The first kappa shape index (κ1) is 18.3. The van der Waals surface area contributed by atoms with Gasteiger partial charge in [0.15, 0.2) is 0 Å². The summed E-state index contributed by atoms with van der Waals surface area (Å²) >= 11 is 7.54. The molecule has 2 aromatic carbocycles. The van der Waals surface area contributed by atoms with E-state index in [1.54, 1.807) is 0 Å². The molecule has 0 saturated carbocycles. The molecule has 0 fully saturated rings. The summed E-state index contributed by atoms with van der Waals surface area (Å²) in [6, 6.07) is 17.5. The summed E-state index contributed by atoms with van der Waals surface area (Å²) in [5.74, 6) is -0.332. The molecule has 140 valence electrons. The van der Waals surface area contributed by atoms with Crippen LogP contribution >= 0.6 is 22.9 Å². The number of anilines is 2. The fourth-order valence-corrected chi connectivity index (χ4v) is 4.21. The maximum absolute atomic E-state index is 11.4. The summed E-state index contributed by atoms with van der Waals surface area (Å²) in [5.41, 5.74) is 2.85. The Kier molecular flexibility index (Phi) is 5.14. The molecule has 0 bridgehead atoms. The molecule has 0 amide bonds. The number of halogens is 1. The number of nitrogens with zero attached hydrogens (tertiary/aromatic N) is 1. The molecule has 2 heterocycles. The first-order valence-electron chi connectivity index (χ1n) is 8.44. The number of rotatable bonds is 6. The van der Waals surface area contributed by atoms with Crippen LogP contribution in [0.1, 0.15) is 15.9 Å². The first-order valence-corrected chi connectivity index (χ1v) is 9.70. The van der Waals surface area contributed by atoms with Crippen LogP contribution in [0.15, 0.2) is 66.2 Å². The number of para-hydroxylation sites is 1. The number of hydrogen-bond acceptors (Lipinski definition) is 5. The predicted molar refractivity (Wildman–Crippen MR) is 112 cm³/mol. The Hall–Kier alpha value is -3.09. The van der Waals surface area contributed by atoms with E-state index in [2.05, 4.69) is 10.3 Å². The van der Waals surface area contributed by atoms with Crippen LogP contribution in [0.25, 0.3) is 10.1 Å². The normalized spacial score (nSPS) is 10.8. The molecule has 0 radical (unpaired) electrons. The summed E-state index contributed by atoms with van der Waals surface area (Å²) < 4.78 is 6.53. The van der Waals surface area contributed by atoms with Crippen LogP contribution in [0.3, 0.4) is 0 Å². The summed E-state index contributed by atoms with van der Waals surface area (Å²) in [6.45, 7) is 0.263. The number of pyridine rings is 1. The average molecular weight is 411 g/mol. The van der Waals surface area contributed by atoms with E-state index in [9.17, 15) is 9.90 Å². The highest BCUT2D eigenvalue weighted by atomic mass is 35.5. The predicted octanol–water partition coefficient (Wildman–Crippen LogP) is 5.97. The quantitative estimate of drug-likeness (QED) is 0.383. The topological polar surface area (TPSA) is 71.5 Å². The van der Waals surface area contributed by atoms with Gasteiger partial charge in [0.05, 0.1) is 10.3 Å². The number of carbonyl (C=O) groups is 1. The van der Waals surface area contributed by atoms with E-state index in [0.717, 1.165) is 16.9 Å². The van der Waals surface area contributed by atoms with Gasteiger partial charge in [-0.05, 0) is 29.6 Å². The summed E-state index contributed by atoms with van der Waals surface area (Å²) in [7, 11) is 0. The monoisotopic (exact) mass is 410 g/mol. The van der Waals surface area contributed by atoms with Gasteiger partial charge in [0.25, 0.3) is 0 Å². The maximum Gasteiger partial charge on any atom is 0.338 e. The van der Waals surface area contributed by atoms with Crippen LogP contribution in [-0.4, -0.2) is 16.1 Å². The number of nitrogens with one attached hydrogen (secondary N) is 1. The molecule has 0 spiro atoms. The molecule has 0 aliphatic heterocycles. The third-order valence-corrected chi connectivity index (χ3v) is 5.50. The minimum Gasteiger partial charge on any atom is -0.489 e. The van der Waals surface area contributed by atoms with Crippen molar-refractivity contribution < 1.29 is 14.6 Å². The molecule has 5 nitrogen and oxygen atoms in total. The molecule has 0 aliphatic rings. The molecule has 2 aromatic heterocycles. The Balaban J connectivity index is 1.54. The van der Waals surface area contributed by atoms with Crippen molar-refractivity contribution >= 4 is 50.4 Å². The fourth-order valence-electron chi connectivity index (χ4n) is 2.83. The van der Waals surface area contributed by atoms with Gasteiger partial charge in [-0.15, -0.1) is 11.3 Å². The van der Waals surface area contributed by atoms with Gasteiger partial charge >= 0.3 is 5.97 Å². The molecular weight excluding hydrogens is 396 g/mol. The van der Waals surface area contributed by atoms with Crippen molar-refractivity contribution in [3.8, 4) is 5.75 Å². The largest absolute Gasteiger partial charge is 0.489 e. The second-order valence-corrected chi connectivity index (χ2v) is 7.28. The third-order valence-electron chi connectivity index (χ3n) is 4.15. The van der Waals surface area contributed by atoms with Crippen LogP contribution in [-0.2, 0) is 6.61 Å². The zero-order valence-corrected chi connectivity index (χ0v) is 16.1. The molecule has 0 atom stereocenters. The van der Waals surface area contributed by atoms with Crippen LogP contribution in [0.5, 0.6) is 5.75 Å². The molecular formula is C21H15ClN2O3S. The number of carboxylic acid groups (broad SMARTS) is 1. The number of carboxylic acids is 1. The summed E-state index contributed by atoms with van der Waals surface area (Å²) in [6.07, 6.45) is 1.28. The number of benzene rings is 2. The van der Waals surface area contributed by atoms with Crippen molar-refractivity contribution in [2.45, 2.75) is 6.61 Å².